The summed E-state index contributed by atoms with van der Waals surface area (Å²) in [7, 11) is 0. The van der Waals surface area contributed by atoms with Crippen molar-refractivity contribution in [2.24, 2.45) is 0 Å². The van der Waals surface area contributed by atoms with E-state index >= 15 is 0 Å². The van der Waals surface area contributed by atoms with Gasteiger partial charge in [0.05, 0.1) is 0 Å². The second-order valence-electron chi connectivity index (χ2n) is 4.44. The number of amides is 1. The van der Waals surface area contributed by atoms with Gasteiger partial charge in [0.15, 0.2) is 0 Å². The molecular formula is C15H16FNOS. The second kappa shape index (κ2) is 6.48. The number of nitrogens with one attached hydrogen (secondary N) is 1. The Hall–Kier alpha value is -1.68. The van der Waals surface area contributed by atoms with Gasteiger partial charge in [0.1, 0.15) is 5.82 Å². The van der Waals surface area contributed by atoms with Gasteiger partial charge >= 0.3 is 0 Å². The molecule has 0 unspecified atom stereocenters. The fourth-order valence-electron chi connectivity index (χ4n) is 1.86. The van der Waals surface area contributed by atoms with Crippen LogP contribution >= 0.6 is 11.3 Å². The SMILES string of the molecule is Cc1cc(F)ccc1NC(=O)CCCc1cccs1. The lowest BCUT2D eigenvalue weighted by Crippen LogP contribution is -2.12. The predicted octanol–water partition coefficient (Wildman–Crippen LogP) is 4.16. The molecule has 1 N–H and O–H groups in total. The Balaban J connectivity index is 1.80. The third-order valence-corrected chi connectivity index (χ3v) is 3.81. The molecule has 1 amide bonds. The minimum absolute atomic E-state index is 0.0220. The molecule has 19 heavy (non-hydrogen) atoms. The highest BCUT2D eigenvalue weighted by Gasteiger charge is 2.05. The average molecular weight is 277 g/mol. The van der Waals surface area contributed by atoms with Crippen molar-refractivity contribution in [3.05, 3.63) is 52.0 Å². The number of benzene rings is 1. The number of halogens is 1. The Morgan fingerprint density at radius 3 is 2.89 bits per heavy atom. The maximum Gasteiger partial charge on any atom is 0.224 e. The van der Waals surface area contributed by atoms with Crippen LogP contribution in [0.15, 0.2) is 35.7 Å². The molecule has 1 heterocycles. The quantitative estimate of drug-likeness (QED) is 0.873. The van der Waals surface area contributed by atoms with Crippen molar-refractivity contribution in [3.8, 4) is 0 Å². The maximum absolute atomic E-state index is 12.9. The van der Waals surface area contributed by atoms with Crippen molar-refractivity contribution in [3.63, 3.8) is 0 Å². The monoisotopic (exact) mass is 277 g/mol. The van der Waals surface area contributed by atoms with E-state index in [1.54, 1.807) is 24.3 Å². The Labute approximate surface area is 116 Å². The second-order valence-corrected chi connectivity index (χ2v) is 5.47. The third-order valence-electron chi connectivity index (χ3n) is 2.87. The molecular weight excluding hydrogens is 261 g/mol. The summed E-state index contributed by atoms with van der Waals surface area (Å²) >= 11 is 1.71. The molecule has 1 aromatic heterocycles. The predicted molar refractivity (Wildman–Crippen MR) is 77.0 cm³/mol. The van der Waals surface area contributed by atoms with E-state index in [0.717, 1.165) is 18.4 Å². The van der Waals surface area contributed by atoms with Gasteiger partial charge in [0.2, 0.25) is 5.91 Å². The van der Waals surface area contributed by atoms with Crippen LogP contribution < -0.4 is 5.32 Å². The van der Waals surface area contributed by atoms with Crippen LogP contribution in [0.2, 0.25) is 0 Å². The van der Waals surface area contributed by atoms with Gasteiger partial charge in [0.25, 0.3) is 0 Å². The molecule has 0 saturated heterocycles. The smallest absolute Gasteiger partial charge is 0.224 e. The van der Waals surface area contributed by atoms with Crippen LogP contribution in [-0.2, 0) is 11.2 Å². The Morgan fingerprint density at radius 2 is 2.21 bits per heavy atom. The van der Waals surface area contributed by atoms with Gasteiger partial charge in [-0.1, -0.05) is 6.07 Å². The molecule has 0 atom stereocenters. The topological polar surface area (TPSA) is 29.1 Å². The van der Waals surface area contributed by atoms with Gasteiger partial charge in [-0.25, -0.2) is 4.39 Å². The molecule has 0 aliphatic rings. The molecule has 0 fully saturated rings. The van der Waals surface area contributed by atoms with E-state index in [2.05, 4.69) is 11.4 Å². The van der Waals surface area contributed by atoms with E-state index in [1.165, 1.54) is 17.0 Å². The first-order chi connectivity index (χ1) is 9.15. The zero-order valence-corrected chi connectivity index (χ0v) is 11.6. The average Bonchev–Trinajstić information content (AvgIpc) is 2.86. The molecule has 4 heteroatoms. The molecule has 0 bridgehead atoms. The summed E-state index contributed by atoms with van der Waals surface area (Å²) in [5, 5.41) is 4.85. The minimum Gasteiger partial charge on any atom is -0.326 e. The molecule has 1 aromatic carbocycles. The normalized spacial score (nSPS) is 10.4. The number of thiophene rings is 1. The van der Waals surface area contributed by atoms with Crippen molar-refractivity contribution in [1.82, 2.24) is 0 Å². The Morgan fingerprint density at radius 1 is 1.37 bits per heavy atom. The van der Waals surface area contributed by atoms with Gasteiger partial charge < -0.3 is 5.32 Å². The van der Waals surface area contributed by atoms with Crippen LogP contribution in [-0.4, -0.2) is 5.91 Å². The zero-order chi connectivity index (χ0) is 13.7. The highest BCUT2D eigenvalue weighted by atomic mass is 32.1. The molecule has 2 nitrogen and oxygen atoms in total. The fraction of sp³-hybridized carbons (Fsp3) is 0.267. The highest BCUT2D eigenvalue weighted by molar-refractivity contribution is 7.09. The molecule has 0 aliphatic carbocycles. The largest absolute Gasteiger partial charge is 0.326 e. The summed E-state index contributed by atoms with van der Waals surface area (Å²) in [5.41, 5.74) is 1.43. The third kappa shape index (κ3) is 4.17. The van der Waals surface area contributed by atoms with Gasteiger partial charge in [-0.2, -0.15) is 0 Å². The minimum atomic E-state index is -0.284. The molecule has 0 saturated carbocycles. The molecule has 0 spiro atoms. The van der Waals surface area contributed by atoms with Crippen LogP contribution in [0.3, 0.4) is 0 Å². The molecule has 2 aromatic rings. The van der Waals surface area contributed by atoms with E-state index < -0.39 is 0 Å². The standard InChI is InChI=1S/C15H16FNOS/c1-11-10-12(16)7-8-14(11)17-15(18)6-2-4-13-5-3-9-19-13/h3,5,7-10H,2,4,6H2,1H3,(H,17,18). The number of aryl methyl sites for hydroxylation is 2. The summed E-state index contributed by atoms with van der Waals surface area (Å²) in [5.74, 6) is -0.306. The van der Waals surface area contributed by atoms with Crippen LogP contribution in [0.25, 0.3) is 0 Å². The van der Waals surface area contributed by atoms with Gasteiger partial charge in [0, 0.05) is 17.0 Å². The first kappa shape index (κ1) is 13.7. The van der Waals surface area contributed by atoms with Crippen molar-refractivity contribution in [1.29, 1.82) is 0 Å². The Kier molecular flexibility index (Phi) is 4.68. The van der Waals surface area contributed by atoms with Gasteiger partial charge in [-0.05, 0) is 55.0 Å². The van der Waals surface area contributed by atoms with E-state index in [9.17, 15) is 9.18 Å². The molecule has 2 rings (SSSR count). The van der Waals surface area contributed by atoms with E-state index in [-0.39, 0.29) is 11.7 Å². The molecule has 100 valence electrons. The van der Waals surface area contributed by atoms with E-state index in [4.69, 9.17) is 0 Å². The van der Waals surface area contributed by atoms with Crippen LogP contribution in [0.5, 0.6) is 0 Å². The molecule has 0 radical (unpaired) electrons. The lowest BCUT2D eigenvalue weighted by atomic mass is 10.1. The Bertz CT molecular complexity index is 551. The summed E-state index contributed by atoms with van der Waals surface area (Å²) in [6.45, 7) is 1.78. The van der Waals surface area contributed by atoms with Crippen LogP contribution in [0.4, 0.5) is 10.1 Å². The lowest BCUT2D eigenvalue weighted by molar-refractivity contribution is -0.116. The van der Waals surface area contributed by atoms with Gasteiger partial charge in [-0.15, -0.1) is 11.3 Å². The van der Waals surface area contributed by atoms with Crippen molar-refractivity contribution in [2.75, 3.05) is 5.32 Å². The first-order valence-electron chi connectivity index (χ1n) is 6.23. The van der Waals surface area contributed by atoms with E-state index in [1.807, 2.05) is 11.4 Å². The summed E-state index contributed by atoms with van der Waals surface area (Å²) < 4.78 is 12.9. The summed E-state index contributed by atoms with van der Waals surface area (Å²) in [6.07, 6.45) is 2.23. The number of carbonyl (C=O) groups excluding carboxylic acids is 1. The van der Waals surface area contributed by atoms with Crippen LogP contribution in [0, 0.1) is 12.7 Å². The number of hydrogen-bond donors (Lipinski definition) is 1. The lowest BCUT2D eigenvalue weighted by Gasteiger charge is -2.08. The summed E-state index contributed by atoms with van der Waals surface area (Å²) in [6, 6.07) is 8.46. The molecule has 0 aliphatic heterocycles. The van der Waals surface area contributed by atoms with Crippen molar-refractivity contribution >= 4 is 22.9 Å². The zero-order valence-electron chi connectivity index (χ0n) is 10.8. The number of anilines is 1. The number of rotatable bonds is 5. The first-order valence-corrected chi connectivity index (χ1v) is 7.11. The summed E-state index contributed by atoms with van der Waals surface area (Å²) in [4.78, 5) is 13.1. The van der Waals surface area contributed by atoms with Crippen LogP contribution in [0.1, 0.15) is 23.3 Å². The number of carbonyl (C=O) groups is 1. The number of hydrogen-bond acceptors (Lipinski definition) is 2. The maximum atomic E-state index is 12.9. The van der Waals surface area contributed by atoms with E-state index in [0.29, 0.717) is 12.1 Å². The van der Waals surface area contributed by atoms with Crippen molar-refractivity contribution in [2.45, 2.75) is 26.2 Å². The fourth-order valence-corrected chi connectivity index (χ4v) is 2.61. The van der Waals surface area contributed by atoms with Crippen molar-refractivity contribution < 1.29 is 9.18 Å². The van der Waals surface area contributed by atoms with Gasteiger partial charge in [-0.3, -0.25) is 4.79 Å². The highest BCUT2D eigenvalue weighted by Crippen LogP contribution is 2.17.